The second-order valence-electron chi connectivity index (χ2n) is 6.59. The van der Waals surface area contributed by atoms with Gasteiger partial charge >= 0.3 is 0 Å². The van der Waals surface area contributed by atoms with Crippen LogP contribution in [-0.4, -0.2) is 71.1 Å². The first-order chi connectivity index (χ1) is 10.8. The normalized spacial score (nSPS) is 27.0. The summed E-state index contributed by atoms with van der Waals surface area (Å²) in [5.41, 5.74) is -0.725. The molecule has 0 bridgehead atoms. The monoisotopic (exact) mass is 321 g/mol. The van der Waals surface area contributed by atoms with Crippen molar-refractivity contribution in [3.8, 4) is 0 Å². The van der Waals surface area contributed by atoms with Gasteiger partial charge in [-0.1, -0.05) is 0 Å². The van der Waals surface area contributed by atoms with Crippen molar-refractivity contribution in [1.29, 1.82) is 0 Å². The predicted octanol–water partition coefficient (Wildman–Crippen LogP) is -1.19. The summed E-state index contributed by atoms with van der Waals surface area (Å²) in [6, 6.07) is -0.679. The molecule has 1 N–H and O–H groups in total. The van der Waals surface area contributed by atoms with Crippen LogP contribution in [0.5, 0.6) is 0 Å². The number of carbonyl (C=O) groups is 4. The summed E-state index contributed by atoms with van der Waals surface area (Å²) in [5, 5.41) is 2.52. The van der Waals surface area contributed by atoms with Crippen LogP contribution >= 0.6 is 0 Å². The van der Waals surface area contributed by atoms with Crippen LogP contribution in [0.15, 0.2) is 11.8 Å². The van der Waals surface area contributed by atoms with Gasteiger partial charge in [-0.3, -0.25) is 19.2 Å². The van der Waals surface area contributed by atoms with E-state index in [0.29, 0.717) is 13.1 Å². The zero-order chi connectivity index (χ0) is 16.8. The Bertz CT molecular complexity index is 625. The molecule has 124 valence electrons. The van der Waals surface area contributed by atoms with Gasteiger partial charge in [-0.15, -0.1) is 0 Å². The SMILES string of the molecule is CC1(C)CC(=O)C=C(C(=O)N2CCN3C(=O)CNC(=O)[C@H]3C2)O1. The van der Waals surface area contributed by atoms with E-state index in [9.17, 15) is 19.2 Å². The lowest BCUT2D eigenvalue weighted by atomic mass is 9.98. The Morgan fingerprint density at radius 2 is 2.04 bits per heavy atom. The second kappa shape index (κ2) is 5.36. The van der Waals surface area contributed by atoms with E-state index in [1.54, 1.807) is 13.8 Å². The van der Waals surface area contributed by atoms with Gasteiger partial charge in [0.2, 0.25) is 11.8 Å². The van der Waals surface area contributed by atoms with E-state index >= 15 is 0 Å². The quantitative estimate of drug-likeness (QED) is 0.655. The number of carbonyl (C=O) groups excluding carboxylic acids is 4. The molecule has 0 aliphatic carbocycles. The predicted molar refractivity (Wildman–Crippen MR) is 78.0 cm³/mol. The van der Waals surface area contributed by atoms with Gasteiger partial charge in [-0.25, -0.2) is 0 Å². The number of allylic oxidation sites excluding steroid dienone is 1. The summed E-state index contributed by atoms with van der Waals surface area (Å²) < 4.78 is 5.61. The van der Waals surface area contributed by atoms with Crippen molar-refractivity contribution in [3.63, 3.8) is 0 Å². The summed E-state index contributed by atoms with van der Waals surface area (Å²) in [6.45, 7) is 4.20. The van der Waals surface area contributed by atoms with Crippen LogP contribution in [0.25, 0.3) is 0 Å². The van der Waals surface area contributed by atoms with Crippen molar-refractivity contribution in [1.82, 2.24) is 15.1 Å². The van der Waals surface area contributed by atoms with Gasteiger partial charge in [-0.2, -0.15) is 0 Å². The Kier molecular flexibility index (Phi) is 3.62. The van der Waals surface area contributed by atoms with Crippen LogP contribution in [0.1, 0.15) is 20.3 Å². The molecule has 0 aromatic carbocycles. The van der Waals surface area contributed by atoms with Crippen LogP contribution in [-0.2, 0) is 23.9 Å². The van der Waals surface area contributed by atoms with E-state index in [1.165, 1.54) is 15.9 Å². The fraction of sp³-hybridized carbons (Fsp3) is 0.600. The standard InChI is InChI=1S/C15H19N3O5/c1-15(2)6-9(19)5-11(23-15)14(22)17-3-4-18-10(8-17)13(21)16-7-12(18)20/h5,10H,3-4,6-8H2,1-2H3,(H,16,21)/t10-/m1/s1. The minimum Gasteiger partial charge on any atom is -0.481 e. The minimum absolute atomic E-state index is 0.000233. The van der Waals surface area contributed by atoms with E-state index in [4.69, 9.17) is 4.74 Å². The number of ether oxygens (including phenoxy) is 1. The van der Waals surface area contributed by atoms with Crippen molar-refractivity contribution in [2.45, 2.75) is 31.9 Å². The van der Waals surface area contributed by atoms with Crippen LogP contribution in [0.2, 0.25) is 0 Å². The van der Waals surface area contributed by atoms with Crippen molar-refractivity contribution in [2.75, 3.05) is 26.2 Å². The fourth-order valence-electron chi connectivity index (χ4n) is 3.11. The van der Waals surface area contributed by atoms with E-state index in [1.807, 2.05) is 0 Å². The largest absolute Gasteiger partial charge is 0.481 e. The third-order valence-corrected chi connectivity index (χ3v) is 4.19. The summed E-state index contributed by atoms with van der Waals surface area (Å²) in [5.74, 6) is -0.990. The van der Waals surface area contributed by atoms with E-state index in [0.717, 1.165) is 0 Å². The highest BCUT2D eigenvalue weighted by molar-refractivity contribution is 6.02. The molecule has 8 heteroatoms. The van der Waals surface area contributed by atoms with Gasteiger partial charge in [0.05, 0.1) is 13.1 Å². The lowest BCUT2D eigenvalue weighted by Gasteiger charge is -2.43. The van der Waals surface area contributed by atoms with Crippen molar-refractivity contribution >= 4 is 23.5 Å². The third kappa shape index (κ3) is 2.93. The lowest BCUT2D eigenvalue weighted by Crippen LogP contribution is -2.66. The molecule has 3 rings (SSSR count). The smallest absolute Gasteiger partial charge is 0.289 e. The van der Waals surface area contributed by atoms with Crippen LogP contribution in [0.4, 0.5) is 0 Å². The molecule has 2 saturated heterocycles. The highest BCUT2D eigenvalue weighted by atomic mass is 16.5. The lowest BCUT2D eigenvalue weighted by molar-refractivity contribution is -0.153. The van der Waals surface area contributed by atoms with Crippen LogP contribution in [0, 0.1) is 0 Å². The van der Waals surface area contributed by atoms with Crippen molar-refractivity contribution in [2.24, 2.45) is 0 Å². The molecular formula is C15H19N3O5. The van der Waals surface area contributed by atoms with Crippen molar-refractivity contribution < 1.29 is 23.9 Å². The van der Waals surface area contributed by atoms with E-state index < -0.39 is 17.6 Å². The Morgan fingerprint density at radius 3 is 2.74 bits per heavy atom. The van der Waals surface area contributed by atoms with Gasteiger partial charge in [-0.05, 0) is 13.8 Å². The fourth-order valence-corrected chi connectivity index (χ4v) is 3.11. The summed E-state index contributed by atoms with van der Waals surface area (Å²) >= 11 is 0. The zero-order valence-electron chi connectivity index (χ0n) is 13.1. The van der Waals surface area contributed by atoms with Gasteiger partial charge in [0, 0.05) is 25.6 Å². The molecule has 3 heterocycles. The first-order valence-corrected chi connectivity index (χ1v) is 7.57. The summed E-state index contributed by atoms with van der Waals surface area (Å²) in [6.07, 6.45) is 1.43. The number of hydrogen-bond donors (Lipinski definition) is 1. The number of nitrogens with zero attached hydrogens (tertiary/aromatic N) is 2. The number of rotatable bonds is 1. The van der Waals surface area contributed by atoms with Crippen molar-refractivity contribution in [3.05, 3.63) is 11.8 Å². The third-order valence-electron chi connectivity index (χ3n) is 4.19. The molecule has 3 aliphatic heterocycles. The Balaban J connectivity index is 1.75. The maximum Gasteiger partial charge on any atom is 0.289 e. The molecule has 0 radical (unpaired) electrons. The minimum atomic E-state index is -0.725. The van der Waals surface area contributed by atoms with Gasteiger partial charge in [0.15, 0.2) is 11.5 Å². The highest BCUT2D eigenvalue weighted by Gasteiger charge is 2.41. The molecule has 1 atom stereocenters. The number of fused-ring (bicyclic) bond motifs is 1. The van der Waals surface area contributed by atoms with E-state index in [-0.39, 0.29) is 42.9 Å². The first kappa shape index (κ1) is 15.5. The number of ketones is 1. The maximum atomic E-state index is 12.6. The molecule has 3 amide bonds. The Labute approximate surface area is 133 Å². The average Bonchev–Trinajstić information content (AvgIpc) is 2.48. The van der Waals surface area contributed by atoms with Gasteiger partial charge in [0.1, 0.15) is 11.6 Å². The molecule has 0 spiro atoms. The Hall–Kier alpha value is -2.38. The molecular weight excluding hydrogens is 302 g/mol. The molecule has 2 fully saturated rings. The molecule has 23 heavy (non-hydrogen) atoms. The topological polar surface area (TPSA) is 96.0 Å². The average molecular weight is 321 g/mol. The Morgan fingerprint density at radius 1 is 1.30 bits per heavy atom. The molecule has 0 aromatic rings. The number of piperazine rings is 2. The van der Waals surface area contributed by atoms with Gasteiger partial charge < -0.3 is 19.9 Å². The highest BCUT2D eigenvalue weighted by Crippen LogP contribution is 2.26. The van der Waals surface area contributed by atoms with Gasteiger partial charge in [0.25, 0.3) is 5.91 Å². The maximum absolute atomic E-state index is 12.6. The summed E-state index contributed by atoms with van der Waals surface area (Å²) in [7, 11) is 0. The molecule has 0 saturated carbocycles. The zero-order valence-corrected chi connectivity index (χ0v) is 13.1. The summed E-state index contributed by atoms with van der Waals surface area (Å²) in [4.78, 5) is 51.0. The number of hydrogen-bond acceptors (Lipinski definition) is 5. The molecule has 0 aromatic heterocycles. The number of nitrogens with one attached hydrogen (secondary N) is 1. The number of amides is 3. The second-order valence-corrected chi connectivity index (χ2v) is 6.59. The molecule has 0 unspecified atom stereocenters. The molecule has 3 aliphatic rings. The molecule has 8 nitrogen and oxygen atoms in total. The van der Waals surface area contributed by atoms with E-state index in [2.05, 4.69) is 5.32 Å². The first-order valence-electron chi connectivity index (χ1n) is 7.57. The van der Waals surface area contributed by atoms with Crippen LogP contribution in [0.3, 0.4) is 0 Å². The van der Waals surface area contributed by atoms with Crippen LogP contribution < -0.4 is 5.32 Å².